The van der Waals surface area contributed by atoms with E-state index in [4.69, 9.17) is 20.2 Å². The SMILES string of the molecule is CC1(C)C[C@H]2CC(C)(C)C(N)=N[C@@]2(c2cc(Oc3cc(F)cnc3F)ccc2F)CO1. The fraction of sp³-hybridized carbons (Fsp3) is 0.478. The molecule has 0 amide bonds. The Morgan fingerprint density at radius 1 is 1.10 bits per heavy atom. The van der Waals surface area contributed by atoms with Gasteiger partial charge in [-0.2, -0.15) is 4.39 Å². The van der Waals surface area contributed by atoms with Gasteiger partial charge in [0.05, 0.1) is 18.4 Å². The normalized spacial score (nSPS) is 26.7. The van der Waals surface area contributed by atoms with Crippen LogP contribution < -0.4 is 10.5 Å². The molecule has 2 atom stereocenters. The zero-order valence-electron chi connectivity index (χ0n) is 18.0. The van der Waals surface area contributed by atoms with Crippen LogP contribution in [0.2, 0.25) is 0 Å². The summed E-state index contributed by atoms with van der Waals surface area (Å²) in [5, 5.41) is 0. The summed E-state index contributed by atoms with van der Waals surface area (Å²) in [6, 6.07) is 4.93. The Kier molecular flexibility index (Phi) is 5.04. The van der Waals surface area contributed by atoms with Crippen molar-refractivity contribution in [1.29, 1.82) is 0 Å². The van der Waals surface area contributed by atoms with Crippen LogP contribution in [-0.2, 0) is 10.3 Å². The minimum absolute atomic E-state index is 0.0316. The quantitative estimate of drug-likeness (QED) is 0.685. The molecule has 5 nitrogen and oxygen atoms in total. The second kappa shape index (κ2) is 7.22. The molecule has 1 aromatic carbocycles. The molecule has 3 heterocycles. The summed E-state index contributed by atoms with van der Waals surface area (Å²) in [4.78, 5) is 8.10. The van der Waals surface area contributed by atoms with Crippen molar-refractivity contribution in [1.82, 2.24) is 4.98 Å². The van der Waals surface area contributed by atoms with Gasteiger partial charge in [0.1, 0.15) is 28.8 Å². The first-order valence-corrected chi connectivity index (χ1v) is 10.2. The third-order valence-corrected chi connectivity index (χ3v) is 6.27. The van der Waals surface area contributed by atoms with Gasteiger partial charge in [-0.05, 0) is 50.8 Å². The highest BCUT2D eigenvalue weighted by molar-refractivity contribution is 5.87. The monoisotopic (exact) mass is 433 g/mol. The number of hydrogen-bond acceptors (Lipinski definition) is 5. The molecule has 0 unspecified atom stereocenters. The zero-order valence-corrected chi connectivity index (χ0v) is 18.0. The molecule has 166 valence electrons. The maximum Gasteiger partial charge on any atom is 0.256 e. The van der Waals surface area contributed by atoms with Gasteiger partial charge in [0.15, 0.2) is 5.75 Å². The van der Waals surface area contributed by atoms with Crippen molar-refractivity contribution < 1.29 is 22.6 Å². The summed E-state index contributed by atoms with van der Waals surface area (Å²) in [5.74, 6) is -2.05. The number of aliphatic imine (C=N–C) groups is 1. The number of halogens is 3. The summed E-state index contributed by atoms with van der Waals surface area (Å²) >= 11 is 0. The van der Waals surface area contributed by atoms with E-state index in [2.05, 4.69) is 4.98 Å². The molecule has 2 N–H and O–H groups in total. The number of pyridine rings is 1. The average Bonchev–Trinajstić information content (AvgIpc) is 2.67. The van der Waals surface area contributed by atoms with Crippen molar-refractivity contribution in [3.05, 3.63) is 53.6 Å². The molecule has 0 radical (unpaired) electrons. The van der Waals surface area contributed by atoms with Gasteiger partial charge in [0.2, 0.25) is 0 Å². The van der Waals surface area contributed by atoms with Crippen LogP contribution in [0.3, 0.4) is 0 Å². The second-order valence-corrected chi connectivity index (χ2v) is 9.64. The maximum absolute atomic E-state index is 15.1. The number of benzene rings is 1. The molecule has 1 fully saturated rings. The Morgan fingerprint density at radius 3 is 2.58 bits per heavy atom. The van der Waals surface area contributed by atoms with Gasteiger partial charge in [0, 0.05) is 17.0 Å². The first-order chi connectivity index (χ1) is 14.4. The van der Waals surface area contributed by atoms with E-state index in [0.29, 0.717) is 18.7 Å². The van der Waals surface area contributed by atoms with Gasteiger partial charge < -0.3 is 15.2 Å². The van der Waals surface area contributed by atoms with Gasteiger partial charge in [-0.25, -0.2) is 13.8 Å². The van der Waals surface area contributed by atoms with Gasteiger partial charge in [-0.3, -0.25) is 4.99 Å². The Bertz CT molecular complexity index is 1050. The predicted octanol–water partition coefficient (Wildman–Crippen LogP) is 5.09. The van der Waals surface area contributed by atoms with Crippen LogP contribution in [0, 0.1) is 28.9 Å². The summed E-state index contributed by atoms with van der Waals surface area (Å²) in [7, 11) is 0. The van der Waals surface area contributed by atoms with E-state index in [1.807, 2.05) is 27.7 Å². The van der Waals surface area contributed by atoms with E-state index < -0.39 is 23.1 Å². The number of rotatable bonds is 3. The van der Waals surface area contributed by atoms with Crippen LogP contribution in [0.25, 0.3) is 0 Å². The zero-order chi connectivity index (χ0) is 22.6. The Hall–Kier alpha value is -2.61. The van der Waals surface area contributed by atoms with E-state index >= 15 is 4.39 Å². The third kappa shape index (κ3) is 3.89. The molecule has 0 saturated carbocycles. The highest BCUT2D eigenvalue weighted by Crippen LogP contribution is 2.53. The van der Waals surface area contributed by atoms with Crippen molar-refractivity contribution in [2.75, 3.05) is 6.61 Å². The lowest BCUT2D eigenvalue weighted by Crippen LogP contribution is -2.56. The fourth-order valence-corrected chi connectivity index (χ4v) is 4.56. The topological polar surface area (TPSA) is 69.7 Å². The number of hydrogen-bond donors (Lipinski definition) is 1. The molecular weight excluding hydrogens is 407 g/mol. The smallest absolute Gasteiger partial charge is 0.256 e. The molecule has 0 spiro atoms. The summed E-state index contributed by atoms with van der Waals surface area (Å²) in [6.45, 7) is 8.20. The van der Waals surface area contributed by atoms with Crippen molar-refractivity contribution >= 4 is 5.84 Å². The number of nitrogens with two attached hydrogens (primary N) is 1. The first-order valence-electron chi connectivity index (χ1n) is 10.2. The number of aromatic nitrogens is 1. The van der Waals surface area contributed by atoms with Crippen molar-refractivity contribution in [2.45, 2.75) is 51.7 Å². The minimum atomic E-state index is -1.03. The van der Waals surface area contributed by atoms with E-state index in [9.17, 15) is 8.78 Å². The number of nitrogens with zero attached hydrogens (tertiary/aromatic N) is 2. The third-order valence-electron chi connectivity index (χ3n) is 6.27. The predicted molar refractivity (Wildman–Crippen MR) is 110 cm³/mol. The molecule has 1 aromatic heterocycles. The van der Waals surface area contributed by atoms with Gasteiger partial charge in [-0.1, -0.05) is 13.8 Å². The summed E-state index contributed by atoms with van der Waals surface area (Å²) in [5.41, 5.74) is 4.81. The standard InChI is InChI=1S/C23H26F3N3O2/c1-21(2)9-13-10-22(3,4)30-12-23(13,29-20(21)27)16-8-15(5-6-17(16)25)31-18-7-14(24)11-28-19(18)26/h5-8,11,13H,9-10,12H2,1-4H3,(H2,27,29)/t13-,23+/m1/s1. The van der Waals surface area contributed by atoms with Crippen molar-refractivity contribution in [2.24, 2.45) is 22.1 Å². The van der Waals surface area contributed by atoms with Crippen LogP contribution in [-0.4, -0.2) is 23.0 Å². The highest BCUT2D eigenvalue weighted by atomic mass is 19.1. The number of amidine groups is 1. The minimum Gasteiger partial charge on any atom is -0.452 e. The molecule has 2 aliphatic heterocycles. The second-order valence-electron chi connectivity index (χ2n) is 9.64. The summed E-state index contributed by atoms with van der Waals surface area (Å²) in [6.07, 6.45) is 2.13. The molecule has 0 aliphatic carbocycles. The Labute approximate surface area is 179 Å². The van der Waals surface area contributed by atoms with Crippen LogP contribution in [0.1, 0.15) is 46.1 Å². The lowest BCUT2D eigenvalue weighted by molar-refractivity contribution is -0.123. The van der Waals surface area contributed by atoms with Gasteiger partial charge in [-0.15, -0.1) is 0 Å². The molecular formula is C23H26F3N3O2. The van der Waals surface area contributed by atoms with Crippen LogP contribution in [0.15, 0.2) is 35.5 Å². The number of ether oxygens (including phenoxy) is 2. The lowest BCUT2D eigenvalue weighted by Gasteiger charge is -2.52. The lowest BCUT2D eigenvalue weighted by atomic mass is 9.63. The Balaban J connectivity index is 1.80. The molecule has 2 aliphatic rings. The van der Waals surface area contributed by atoms with E-state index in [1.54, 1.807) is 0 Å². The van der Waals surface area contributed by atoms with Crippen LogP contribution >= 0.6 is 0 Å². The van der Waals surface area contributed by atoms with Crippen LogP contribution in [0.4, 0.5) is 13.2 Å². The molecule has 2 aromatic rings. The van der Waals surface area contributed by atoms with Gasteiger partial charge >= 0.3 is 0 Å². The molecule has 8 heteroatoms. The van der Waals surface area contributed by atoms with Gasteiger partial charge in [0.25, 0.3) is 5.95 Å². The maximum atomic E-state index is 15.1. The molecule has 1 saturated heterocycles. The van der Waals surface area contributed by atoms with E-state index in [0.717, 1.165) is 12.3 Å². The van der Waals surface area contributed by atoms with E-state index in [1.165, 1.54) is 18.2 Å². The molecule has 31 heavy (non-hydrogen) atoms. The van der Waals surface area contributed by atoms with E-state index in [-0.39, 0.29) is 40.6 Å². The van der Waals surface area contributed by atoms with Crippen LogP contribution in [0.5, 0.6) is 11.5 Å². The number of fused-ring (bicyclic) bond motifs is 1. The van der Waals surface area contributed by atoms with Crippen molar-refractivity contribution in [3.63, 3.8) is 0 Å². The summed E-state index contributed by atoms with van der Waals surface area (Å²) < 4.78 is 54.1. The molecule has 4 rings (SSSR count). The fourth-order valence-electron chi connectivity index (χ4n) is 4.56. The highest BCUT2D eigenvalue weighted by Gasteiger charge is 2.54. The molecule has 0 bridgehead atoms. The largest absolute Gasteiger partial charge is 0.452 e. The van der Waals surface area contributed by atoms with Crippen molar-refractivity contribution in [3.8, 4) is 11.5 Å². The average molecular weight is 433 g/mol. The first kappa shape index (κ1) is 21.6. The Morgan fingerprint density at radius 2 is 1.84 bits per heavy atom.